The maximum atomic E-state index is 12.8. The minimum absolute atomic E-state index is 0.0269. The van der Waals surface area contributed by atoms with Crippen molar-refractivity contribution in [3.63, 3.8) is 0 Å². The van der Waals surface area contributed by atoms with Crippen LogP contribution in [0.5, 0.6) is 0 Å². The van der Waals surface area contributed by atoms with Gasteiger partial charge in [-0.2, -0.15) is 0 Å². The van der Waals surface area contributed by atoms with Crippen molar-refractivity contribution in [2.45, 2.75) is 64.9 Å². The number of oxime groups is 1. The highest BCUT2D eigenvalue weighted by atomic mass is 16.6. The van der Waals surface area contributed by atoms with Crippen molar-refractivity contribution in [2.24, 2.45) is 33.7 Å². The average Bonchev–Trinajstić information content (AvgIpc) is 2.86. The number of rotatable bonds is 3. The van der Waals surface area contributed by atoms with Gasteiger partial charge in [-0.1, -0.05) is 30.7 Å². The van der Waals surface area contributed by atoms with E-state index in [9.17, 15) is 14.7 Å². The molecule has 0 spiro atoms. The minimum Gasteiger partial charge on any atom is -0.479 e. The van der Waals surface area contributed by atoms with Crippen molar-refractivity contribution in [1.82, 2.24) is 0 Å². The van der Waals surface area contributed by atoms with E-state index in [0.29, 0.717) is 11.8 Å². The summed E-state index contributed by atoms with van der Waals surface area (Å²) in [5, 5.41) is 23.0. The van der Waals surface area contributed by atoms with Crippen LogP contribution in [0.4, 0.5) is 0 Å². The Hall–Kier alpha value is -1.69. The fourth-order valence-corrected chi connectivity index (χ4v) is 6.52. The molecule has 0 aromatic rings. The summed E-state index contributed by atoms with van der Waals surface area (Å²) in [4.78, 5) is 28.6. The smallest absolute Gasteiger partial charge is 0.344 e. The second kappa shape index (κ2) is 6.43. The van der Waals surface area contributed by atoms with E-state index < -0.39 is 18.0 Å². The second-order valence-electron chi connectivity index (χ2n) is 9.33. The van der Waals surface area contributed by atoms with Gasteiger partial charge in [0, 0.05) is 17.8 Å². The monoisotopic (exact) mass is 375 g/mol. The highest BCUT2D eigenvalue weighted by molar-refractivity contribution is 6.13. The normalized spacial score (nSPS) is 44.9. The van der Waals surface area contributed by atoms with Crippen LogP contribution in [0.15, 0.2) is 16.8 Å². The van der Waals surface area contributed by atoms with Gasteiger partial charge >= 0.3 is 5.97 Å². The zero-order valence-electron chi connectivity index (χ0n) is 16.1. The molecule has 3 fully saturated rings. The van der Waals surface area contributed by atoms with Gasteiger partial charge in [0.2, 0.25) is 6.61 Å². The number of hydrogen-bond donors (Lipinski definition) is 2. The highest BCUT2D eigenvalue weighted by Gasteiger charge is 2.61. The Bertz CT molecular complexity index is 728. The fourth-order valence-electron chi connectivity index (χ4n) is 6.52. The summed E-state index contributed by atoms with van der Waals surface area (Å²) in [7, 11) is 0. The summed E-state index contributed by atoms with van der Waals surface area (Å²) in [5.41, 5.74) is 1.79. The van der Waals surface area contributed by atoms with Gasteiger partial charge in [-0.3, -0.25) is 4.79 Å². The topological polar surface area (TPSA) is 96.2 Å². The van der Waals surface area contributed by atoms with Crippen molar-refractivity contribution in [2.75, 3.05) is 6.61 Å². The van der Waals surface area contributed by atoms with Crippen molar-refractivity contribution in [3.05, 3.63) is 11.6 Å². The Labute approximate surface area is 159 Å². The number of ketones is 1. The van der Waals surface area contributed by atoms with Crippen LogP contribution in [0.1, 0.15) is 58.8 Å². The summed E-state index contributed by atoms with van der Waals surface area (Å²) in [5.74, 6) is -0.0295. The molecule has 2 N–H and O–H groups in total. The van der Waals surface area contributed by atoms with Gasteiger partial charge in [0.15, 0.2) is 0 Å². The van der Waals surface area contributed by atoms with E-state index in [-0.39, 0.29) is 29.6 Å². The van der Waals surface area contributed by atoms with Crippen LogP contribution >= 0.6 is 0 Å². The van der Waals surface area contributed by atoms with E-state index in [1.165, 1.54) is 5.57 Å². The molecule has 3 saturated carbocycles. The first kappa shape index (κ1) is 18.7. The molecule has 27 heavy (non-hydrogen) atoms. The number of nitrogens with zero attached hydrogens (tertiary/aromatic N) is 1. The number of fused-ring (bicyclic) bond motifs is 5. The maximum absolute atomic E-state index is 12.8. The number of carbonyl (C=O) groups is 2. The standard InChI is InChI=1S/C21H29NO5/c1-20-7-5-13(23)9-12(20)3-4-14-15(20)6-8-21(2)17(24)10-16(19(14)21)22-27-11-18(25)26/h3,13-15,19,23H,4-11H2,1-2H3,(H,25,26)/b22-16+. The minimum atomic E-state index is -1.06. The molecule has 0 aromatic heterocycles. The van der Waals surface area contributed by atoms with E-state index in [1.807, 2.05) is 0 Å². The molecule has 0 bridgehead atoms. The van der Waals surface area contributed by atoms with Crippen LogP contribution < -0.4 is 0 Å². The Kier molecular flexibility index (Phi) is 4.45. The Morgan fingerprint density at radius 2 is 2.04 bits per heavy atom. The third-order valence-corrected chi connectivity index (χ3v) is 7.95. The van der Waals surface area contributed by atoms with E-state index in [2.05, 4.69) is 25.1 Å². The Morgan fingerprint density at radius 1 is 1.30 bits per heavy atom. The lowest BCUT2D eigenvalue weighted by Gasteiger charge is -2.56. The van der Waals surface area contributed by atoms with Crippen LogP contribution in [0.3, 0.4) is 0 Å². The molecule has 0 amide bonds. The van der Waals surface area contributed by atoms with Crippen molar-refractivity contribution in [3.8, 4) is 0 Å². The molecule has 4 aliphatic carbocycles. The number of Topliss-reactive ketones (excluding diaryl/α,β-unsaturated/α-hetero) is 1. The summed E-state index contributed by atoms with van der Waals surface area (Å²) in [6.45, 7) is 3.91. The third kappa shape index (κ3) is 2.84. The number of carbonyl (C=O) groups excluding carboxylic acids is 1. The molecule has 4 aliphatic rings. The highest BCUT2D eigenvalue weighted by Crippen LogP contribution is 2.63. The lowest BCUT2D eigenvalue weighted by Crippen LogP contribution is -2.51. The number of carboxylic acids is 1. The second-order valence-corrected chi connectivity index (χ2v) is 9.33. The Balaban J connectivity index is 1.67. The number of carboxylic acid groups (broad SMARTS) is 1. The number of allylic oxidation sites excluding steroid dienone is 1. The Morgan fingerprint density at radius 3 is 2.78 bits per heavy atom. The molecule has 148 valence electrons. The molecule has 0 saturated heterocycles. The summed E-state index contributed by atoms with van der Waals surface area (Å²) in [6.07, 6.45) is 7.70. The van der Waals surface area contributed by atoms with Gasteiger partial charge in [-0.25, -0.2) is 4.79 Å². The first-order valence-corrected chi connectivity index (χ1v) is 10.1. The predicted molar refractivity (Wildman–Crippen MR) is 99.1 cm³/mol. The SMILES string of the molecule is CC12CCC(O)CC1=CCC1C2CCC2(C)C(=O)C/C(=N\OCC(=O)O)C12. The summed E-state index contributed by atoms with van der Waals surface area (Å²) in [6, 6.07) is 0. The molecular weight excluding hydrogens is 346 g/mol. The number of aliphatic hydroxyl groups is 1. The van der Waals surface area contributed by atoms with Gasteiger partial charge < -0.3 is 15.1 Å². The largest absolute Gasteiger partial charge is 0.479 e. The van der Waals surface area contributed by atoms with Crippen LogP contribution in [0.25, 0.3) is 0 Å². The average molecular weight is 375 g/mol. The van der Waals surface area contributed by atoms with Crippen LogP contribution in [-0.4, -0.2) is 40.4 Å². The number of aliphatic carboxylic acids is 1. The number of hydrogen-bond acceptors (Lipinski definition) is 5. The van der Waals surface area contributed by atoms with Gasteiger partial charge in [-0.05, 0) is 55.8 Å². The molecule has 0 heterocycles. The molecule has 0 aliphatic heterocycles. The van der Waals surface area contributed by atoms with Crippen molar-refractivity contribution < 1.29 is 24.6 Å². The summed E-state index contributed by atoms with van der Waals surface area (Å²) >= 11 is 0. The van der Waals surface area contributed by atoms with Gasteiger partial charge in [-0.15, -0.1) is 0 Å². The lowest BCUT2D eigenvalue weighted by atomic mass is 9.48. The van der Waals surface area contributed by atoms with E-state index in [0.717, 1.165) is 44.2 Å². The van der Waals surface area contributed by atoms with E-state index in [4.69, 9.17) is 9.94 Å². The third-order valence-electron chi connectivity index (χ3n) is 7.95. The zero-order valence-corrected chi connectivity index (χ0v) is 16.1. The van der Waals surface area contributed by atoms with Crippen molar-refractivity contribution >= 4 is 17.5 Å². The van der Waals surface area contributed by atoms with Crippen LogP contribution in [-0.2, 0) is 14.4 Å². The van der Waals surface area contributed by atoms with Gasteiger partial charge in [0.1, 0.15) is 5.78 Å². The summed E-state index contributed by atoms with van der Waals surface area (Å²) < 4.78 is 0. The lowest BCUT2D eigenvalue weighted by molar-refractivity contribution is -0.142. The molecular formula is C21H29NO5. The van der Waals surface area contributed by atoms with Gasteiger partial charge in [0.25, 0.3) is 0 Å². The van der Waals surface area contributed by atoms with E-state index >= 15 is 0 Å². The van der Waals surface area contributed by atoms with Gasteiger partial charge in [0.05, 0.1) is 11.8 Å². The maximum Gasteiger partial charge on any atom is 0.344 e. The molecule has 4 rings (SSSR count). The fraction of sp³-hybridized carbons (Fsp3) is 0.762. The zero-order chi connectivity index (χ0) is 19.4. The molecule has 6 nitrogen and oxygen atoms in total. The number of aliphatic hydroxyl groups excluding tert-OH is 1. The predicted octanol–water partition coefficient (Wildman–Crippen LogP) is 2.95. The quantitative estimate of drug-likeness (QED) is 0.584. The molecule has 6 unspecified atom stereocenters. The van der Waals surface area contributed by atoms with E-state index in [1.54, 1.807) is 0 Å². The van der Waals surface area contributed by atoms with Crippen LogP contribution in [0, 0.1) is 28.6 Å². The van der Waals surface area contributed by atoms with Crippen LogP contribution in [0.2, 0.25) is 0 Å². The molecule has 6 atom stereocenters. The first-order valence-electron chi connectivity index (χ1n) is 10.1. The molecule has 0 aromatic carbocycles. The molecule has 6 heteroatoms. The first-order chi connectivity index (χ1) is 12.8. The van der Waals surface area contributed by atoms with Crippen molar-refractivity contribution in [1.29, 1.82) is 0 Å². The molecule has 0 radical (unpaired) electrons.